The van der Waals surface area contributed by atoms with Crippen molar-refractivity contribution in [3.8, 4) is 11.6 Å². The zero-order chi connectivity index (χ0) is 35.9. The first-order valence-corrected chi connectivity index (χ1v) is 17.9. The molecule has 0 radical (unpaired) electrons. The smallest absolute Gasteiger partial charge is 0.408 e. The lowest BCUT2D eigenvalue weighted by molar-refractivity contribution is -0.142. The van der Waals surface area contributed by atoms with E-state index in [1.807, 2.05) is 6.07 Å². The van der Waals surface area contributed by atoms with Gasteiger partial charge < -0.3 is 29.7 Å². The number of ether oxygens (including phenoxy) is 3. The van der Waals surface area contributed by atoms with Crippen LogP contribution in [0.1, 0.15) is 60.3 Å². The molecule has 5 rings (SSSR count). The van der Waals surface area contributed by atoms with Crippen molar-refractivity contribution in [3.05, 3.63) is 43.1 Å². The van der Waals surface area contributed by atoms with E-state index in [9.17, 15) is 27.6 Å². The highest BCUT2D eigenvalue weighted by molar-refractivity contribution is 7.91. The minimum absolute atomic E-state index is 0.0237. The predicted octanol–water partition coefficient (Wildman–Crippen LogP) is 2.81. The number of hydrogen-bond acceptors (Lipinski definition) is 10. The fourth-order valence-corrected chi connectivity index (χ4v) is 7.45. The lowest BCUT2D eigenvalue weighted by Gasteiger charge is -2.35. The number of likely N-dealkylation sites (tertiary alicyclic amines) is 1. The summed E-state index contributed by atoms with van der Waals surface area (Å²) < 4.78 is 44.3. The van der Waals surface area contributed by atoms with Crippen molar-refractivity contribution in [2.45, 2.75) is 95.4 Å². The van der Waals surface area contributed by atoms with E-state index < -0.39 is 80.3 Å². The molecule has 2 heterocycles. The summed E-state index contributed by atoms with van der Waals surface area (Å²) in [6, 6.07) is 4.97. The molecule has 0 bridgehead atoms. The third-order valence-corrected chi connectivity index (χ3v) is 10.8. The van der Waals surface area contributed by atoms with Crippen molar-refractivity contribution in [2.75, 3.05) is 13.7 Å². The Morgan fingerprint density at radius 2 is 1.86 bits per heavy atom. The van der Waals surface area contributed by atoms with Gasteiger partial charge in [0.2, 0.25) is 27.7 Å². The molecule has 1 aromatic carbocycles. The van der Waals surface area contributed by atoms with Crippen LogP contribution < -0.4 is 24.8 Å². The first-order valence-electron chi connectivity index (χ1n) is 16.4. The van der Waals surface area contributed by atoms with Crippen molar-refractivity contribution in [1.29, 1.82) is 0 Å². The monoisotopic (exact) mass is 699 g/mol. The molecule has 3 fully saturated rings. The maximum Gasteiger partial charge on any atom is 0.408 e. The van der Waals surface area contributed by atoms with Crippen LogP contribution >= 0.6 is 0 Å². The summed E-state index contributed by atoms with van der Waals surface area (Å²) in [6.07, 6.45) is 2.23. The maximum absolute atomic E-state index is 14.3. The average Bonchev–Trinajstić information content (AvgIpc) is 3.95. The molecule has 2 aliphatic carbocycles. The molecule has 2 saturated carbocycles. The zero-order valence-electron chi connectivity index (χ0n) is 28.6. The van der Waals surface area contributed by atoms with Crippen LogP contribution in [0.5, 0.6) is 11.6 Å². The van der Waals surface area contributed by atoms with E-state index in [4.69, 9.17) is 14.2 Å². The number of nitrogens with zero attached hydrogens (tertiary/aromatic N) is 2. The maximum atomic E-state index is 14.3. The number of fused-ring (bicyclic) bond motifs is 1. The molecule has 5 atom stereocenters. The van der Waals surface area contributed by atoms with E-state index in [1.54, 1.807) is 66.1 Å². The second kappa shape index (κ2) is 13.5. The van der Waals surface area contributed by atoms with Crippen molar-refractivity contribution in [2.24, 2.45) is 11.3 Å². The van der Waals surface area contributed by atoms with Crippen LogP contribution in [-0.2, 0) is 29.1 Å². The van der Waals surface area contributed by atoms with Crippen LogP contribution in [0.4, 0.5) is 4.79 Å². The average molecular weight is 700 g/mol. The fourth-order valence-electron chi connectivity index (χ4n) is 6.08. The Balaban J connectivity index is 1.44. The van der Waals surface area contributed by atoms with Gasteiger partial charge >= 0.3 is 6.09 Å². The summed E-state index contributed by atoms with van der Waals surface area (Å²) in [5.74, 6) is -1.65. The SMILES string of the molecule is C=CC1CC1(NC(=O)C1CC(Oc2nccc3cc(OC)ccc23)CN1C(=O)C(NC(=O)OC(C)C)C(C)(C)C)C(=O)NS(=O)(=O)C1CC1. The largest absolute Gasteiger partial charge is 0.497 e. The number of carbonyl (C=O) groups excluding carboxylic acids is 4. The van der Waals surface area contributed by atoms with Crippen LogP contribution in [0, 0.1) is 11.3 Å². The summed E-state index contributed by atoms with van der Waals surface area (Å²) >= 11 is 0. The Morgan fingerprint density at radius 1 is 1.14 bits per heavy atom. The van der Waals surface area contributed by atoms with E-state index >= 15 is 0 Å². The van der Waals surface area contributed by atoms with Gasteiger partial charge in [-0.15, -0.1) is 6.58 Å². The van der Waals surface area contributed by atoms with Gasteiger partial charge in [-0.25, -0.2) is 18.2 Å². The molecule has 49 heavy (non-hydrogen) atoms. The molecular formula is C34H45N5O9S. The number of pyridine rings is 1. The minimum atomic E-state index is -3.89. The summed E-state index contributed by atoms with van der Waals surface area (Å²) in [4.78, 5) is 60.3. The van der Waals surface area contributed by atoms with Crippen molar-refractivity contribution in [1.82, 2.24) is 25.2 Å². The molecule has 5 unspecified atom stereocenters. The summed E-state index contributed by atoms with van der Waals surface area (Å²) in [7, 11) is -2.32. The number of rotatable bonds is 12. The van der Waals surface area contributed by atoms with Gasteiger partial charge in [0, 0.05) is 23.9 Å². The Bertz CT molecular complexity index is 1750. The number of amides is 4. The van der Waals surface area contributed by atoms with Gasteiger partial charge in [0.25, 0.3) is 5.91 Å². The second-order valence-electron chi connectivity index (χ2n) is 14.3. The Morgan fingerprint density at radius 3 is 2.45 bits per heavy atom. The molecular weight excluding hydrogens is 654 g/mol. The van der Waals surface area contributed by atoms with Crippen LogP contribution in [0.2, 0.25) is 0 Å². The first kappa shape index (κ1) is 35.9. The number of aromatic nitrogens is 1. The van der Waals surface area contributed by atoms with E-state index in [1.165, 1.54) is 11.0 Å². The highest BCUT2D eigenvalue weighted by Crippen LogP contribution is 2.45. The molecule has 3 N–H and O–H groups in total. The number of nitrogens with one attached hydrogen (secondary N) is 3. The van der Waals surface area contributed by atoms with Crippen molar-refractivity contribution >= 4 is 44.6 Å². The molecule has 1 saturated heterocycles. The van der Waals surface area contributed by atoms with E-state index in [0.29, 0.717) is 29.9 Å². The summed E-state index contributed by atoms with van der Waals surface area (Å²) in [5, 5.41) is 6.30. The fraction of sp³-hybridized carbons (Fsp3) is 0.559. The number of methoxy groups -OCH3 is 1. The van der Waals surface area contributed by atoms with E-state index in [0.717, 1.165) is 5.39 Å². The molecule has 14 nitrogen and oxygen atoms in total. The number of sulfonamides is 1. The lowest BCUT2D eigenvalue weighted by Crippen LogP contribution is -2.60. The lowest BCUT2D eigenvalue weighted by atomic mass is 9.85. The van der Waals surface area contributed by atoms with E-state index in [2.05, 4.69) is 26.9 Å². The number of hydrogen-bond donors (Lipinski definition) is 3. The van der Waals surface area contributed by atoms with Gasteiger partial charge in [0.1, 0.15) is 29.5 Å². The predicted molar refractivity (Wildman–Crippen MR) is 180 cm³/mol. The number of carbonyl (C=O) groups is 4. The third kappa shape index (κ3) is 7.76. The third-order valence-electron chi connectivity index (χ3n) is 9.03. The van der Waals surface area contributed by atoms with Gasteiger partial charge in [0.05, 0.1) is 25.0 Å². The molecule has 1 aromatic heterocycles. The highest BCUT2D eigenvalue weighted by Gasteiger charge is 2.62. The summed E-state index contributed by atoms with van der Waals surface area (Å²) in [5.41, 5.74) is -2.35. The number of alkyl carbamates (subject to hydrolysis) is 1. The van der Waals surface area contributed by atoms with Crippen LogP contribution in [0.3, 0.4) is 0 Å². The molecule has 3 aliphatic rings. The molecule has 1 aliphatic heterocycles. The molecule has 266 valence electrons. The van der Waals surface area contributed by atoms with Crippen molar-refractivity contribution in [3.63, 3.8) is 0 Å². The zero-order valence-corrected chi connectivity index (χ0v) is 29.5. The van der Waals surface area contributed by atoms with Crippen LogP contribution in [0.15, 0.2) is 43.1 Å². The highest BCUT2D eigenvalue weighted by atomic mass is 32.2. The second-order valence-corrected chi connectivity index (χ2v) is 16.2. The molecule has 2 aromatic rings. The van der Waals surface area contributed by atoms with Crippen LogP contribution in [-0.4, -0.2) is 90.9 Å². The Kier molecular flexibility index (Phi) is 9.88. The van der Waals surface area contributed by atoms with Gasteiger partial charge in [-0.1, -0.05) is 26.8 Å². The normalized spacial score (nSPS) is 24.1. The topological polar surface area (TPSA) is 182 Å². The van der Waals surface area contributed by atoms with Gasteiger partial charge in [-0.05, 0) is 68.2 Å². The minimum Gasteiger partial charge on any atom is -0.497 e. The molecule has 15 heteroatoms. The summed E-state index contributed by atoms with van der Waals surface area (Å²) in [6.45, 7) is 12.4. The van der Waals surface area contributed by atoms with Gasteiger partial charge in [-0.2, -0.15) is 0 Å². The molecule has 0 spiro atoms. The van der Waals surface area contributed by atoms with Crippen LogP contribution in [0.25, 0.3) is 10.8 Å². The van der Waals surface area contributed by atoms with E-state index in [-0.39, 0.29) is 19.4 Å². The van der Waals surface area contributed by atoms with Gasteiger partial charge in [0.15, 0.2) is 0 Å². The Labute approximate surface area is 286 Å². The quantitative estimate of drug-likeness (QED) is 0.279. The molecule has 4 amide bonds. The standard InChI is InChI=1S/C34H45N5O9S/c1-8-21-17-34(21,31(42)38-49(44,45)24-10-11-24)37-28(40)26-16-23(48-29-25-12-9-22(46-7)15-20(25)13-14-35-29)18-39(26)30(41)27(33(4,5)6)36-32(43)47-19(2)3/h8-9,12-15,19,21,23-24,26-27H,1,10-11,16-18H2,2-7H3,(H,36,43)(H,37,40)(H,38,42). The van der Waals surface area contributed by atoms with Crippen molar-refractivity contribution < 1.29 is 41.8 Å². The Hall–Kier alpha value is -4.40. The first-order chi connectivity index (χ1) is 23.0. The van der Waals surface area contributed by atoms with Gasteiger partial charge in [-0.3, -0.25) is 19.1 Å². The number of benzene rings is 1.